The highest BCUT2D eigenvalue weighted by Crippen LogP contribution is 2.18. The Morgan fingerprint density at radius 2 is 1.75 bits per heavy atom. The molecule has 1 aromatic heterocycles. The van der Waals surface area contributed by atoms with Crippen molar-refractivity contribution in [3.8, 4) is 5.75 Å². The molecule has 0 bridgehead atoms. The maximum absolute atomic E-state index is 12.6. The Bertz CT molecular complexity index is 967. The van der Waals surface area contributed by atoms with Gasteiger partial charge < -0.3 is 15.4 Å². The zero-order valence-corrected chi connectivity index (χ0v) is 15.8. The van der Waals surface area contributed by atoms with E-state index in [4.69, 9.17) is 4.74 Å². The molecule has 2 aromatic carbocycles. The first-order valence-electron chi connectivity index (χ1n) is 8.99. The summed E-state index contributed by atoms with van der Waals surface area (Å²) in [5.41, 5.74) is 2.08. The third kappa shape index (κ3) is 4.76. The van der Waals surface area contributed by atoms with Crippen molar-refractivity contribution in [1.82, 2.24) is 9.78 Å². The standard InChI is InChI=1S/C21H22N4O3/c1-3-25-13-17(20(24-25)21(27)22-16-10-5-4-6-11-16)23-19(26)14-28-18-12-8-7-9-15(18)2/h4-13H,3,14H2,1-2H3,(H,22,27)(H,23,26). The van der Waals surface area contributed by atoms with E-state index in [0.717, 1.165) is 5.56 Å². The molecule has 3 aromatic rings. The van der Waals surface area contributed by atoms with Crippen molar-refractivity contribution < 1.29 is 14.3 Å². The third-order valence-corrected chi connectivity index (χ3v) is 4.06. The van der Waals surface area contributed by atoms with Crippen LogP contribution in [0.2, 0.25) is 0 Å². The van der Waals surface area contributed by atoms with E-state index in [-0.39, 0.29) is 18.2 Å². The van der Waals surface area contributed by atoms with E-state index in [1.165, 1.54) is 0 Å². The topological polar surface area (TPSA) is 85.2 Å². The van der Waals surface area contributed by atoms with Gasteiger partial charge >= 0.3 is 0 Å². The molecule has 0 spiro atoms. The number of nitrogens with one attached hydrogen (secondary N) is 2. The smallest absolute Gasteiger partial charge is 0.278 e. The van der Waals surface area contributed by atoms with Gasteiger partial charge in [0.15, 0.2) is 12.3 Å². The second-order valence-corrected chi connectivity index (χ2v) is 6.17. The Kier molecular flexibility index (Phi) is 6.06. The van der Waals surface area contributed by atoms with Crippen molar-refractivity contribution in [2.24, 2.45) is 0 Å². The number of carbonyl (C=O) groups excluding carboxylic acids is 2. The van der Waals surface area contributed by atoms with Crippen molar-refractivity contribution in [3.05, 3.63) is 72.1 Å². The summed E-state index contributed by atoms with van der Waals surface area (Å²) in [4.78, 5) is 24.9. The van der Waals surface area contributed by atoms with Crippen LogP contribution in [0, 0.1) is 6.92 Å². The number of carbonyl (C=O) groups is 2. The van der Waals surface area contributed by atoms with Crippen LogP contribution in [0.1, 0.15) is 23.0 Å². The Labute approximate surface area is 163 Å². The molecule has 0 saturated carbocycles. The van der Waals surface area contributed by atoms with Gasteiger partial charge in [-0.05, 0) is 37.6 Å². The quantitative estimate of drug-likeness (QED) is 0.659. The number of aryl methyl sites for hydroxylation is 2. The van der Waals surface area contributed by atoms with Crippen LogP contribution in [0.4, 0.5) is 11.4 Å². The lowest BCUT2D eigenvalue weighted by Gasteiger charge is -2.09. The van der Waals surface area contributed by atoms with Gasteiger partial charge in [-0.3, -0.25) is 14.3 Å². The molecule has 1 heterocycles. The van der Waals surface area contributed by atoms with E-state index in [9.17, 15) is 9.59 Å². The number of aromatic nitrogens is 2. The van der Waals surface area contributed by atoms with E-state index in [2.05, 4.69) is 15.7 Å². The SMILES string of the molecule is CCn1cc(NC(=O)COc2ccccc2C)c(C(=O)Nc2ccccc2)n1. The zero-order valence-electron chi connectivity index (χ0n) is 15.8. The predicted octanol–water partition coefficient (Wildman–Crippen LogP) is 3.48. The summed E-state index contributed by atoms with van der Waals surface area (Å²) in [7, 11) is 0. The first-order chi connectivity index (χ1) is 13.6. The number of para-hydroxylation sites is 2. The van der Waals surface area contributed by atoms with Crippen LogP contribution in [0.5, 0.6) is 5.75 Å². The van der Waals surface area contributed by atoms with Gasteiger partial charge in [-0.2, -0.15) is 5.10 Å². The molecule has 0 aliphatic carbocycles. The molecule has 144 valence electrons. The molecule has 0 fully saturated rings. The summed E-state index contributed by atoms with van der Waals surface area (Å²) in [6.07, 6.45) is 1.63. The number of benzene rings is 2. The molecular weight excluding hydrogens is 356 g/mol. The number of amides is 2. The second-order valence-electron chi connectivity index (χ2n) is 6.17. The van der Waals surface area contributed by atoms with Crippen LogP contribution in [0.3, 0.4) is 0 Å². The molecule has 0 aliphatic heterocycles. The highest BCUT2D eigenvalue weighted by molar-refractivity contribution is 6.08. The monoisotopic (exact) mass is 378 g/mol. The lowest BCUT2D eigenvalue weighted by molar-refractivity contribution is -0.118. The lowest BCUT2D eigenvalue weighted by atomic mass is 10.2. The van der Waals surface area contributed by atoms with Crippen molar-refractivity contribution in [2.75, 3.05) is 17.2 Å². The summed E-state index contributed by atoms with van der Waals surface area (Å²) in [6, 6.07) is 16.5. The van der Waals surface area contributed by atoms with Gasteiger partial charge in [0.2, 0.25) is 0 Å². The number of rotatable bonds is 7. The third-order valence-electron chi connectivity index (χ3n) is 4.06. The van der Waals surface area contributed by atoms with Crippen LogP contribution in [-0.2, 0) is 11.3 Å². The second kappa shape index (κ2) is 8.85. The van der Waals surface area contributed by atoms with Crippen LogP contribution in [-0.4, -0.2) is 28.2 Å². The first kappa shape index (κ1) is 19.2. The highest BCUT2D eigenvalue weighted by Gasteiger charge is 2.19. The average Bonchev–Trinajstić information content (AvgIpc) is 3.11. The van der Waals surface area contributed by atoms with Crippen LogP contribution in [0.15, 0.2) is 60.8 Å². The molecule has 0 unspecified atom stereocenters. The minimum atomic E-state index is -0.395. The fraction of sp³-hybridized carbons (Fsp3) is 0.190. The number of ether oxygens (including phenoxy) is 1. The summed E-state index contributed by atoms with van der Waals surface area (Å²) in [5, 5.41) is 9.75. The number of hydrogen-bond donors (Lipinski definition) is 2. The first-order valence-corrected chi connectivity index (χ1v) is 8.99. The summed E-state index contributed by atoms with van der Waals surface area (Å²) in [5.74, 6) is -0.120. The Morgan fingerprint density at radius 1 is 1.04 bits per heavy atom. The molecular formula is C21H22N4O3. The van der Waals surface area contributed by atoms with Gasteiger partial charge in [-0.25, -0.2) is 0 Å². The largest absolute Gasteiger partial charge is 0.483 e. The molecule has 28 heavy (non-hydrogen) atoms. The number of anilines is 2. The van der Waals surface area contributed by atoms with Gasteiger partial charge in [-0.1, -0.05) is 36.4 Å². The minimum Gasteiger partial charge on any atom is -0.483 e. The Morgan fingerprint density at radius 3 is 2.46 bits per heavy atom. The van der Waals surface area contributed by atoms with E-state index in [1.54, 1.807) is 29.1 Å². The van der Waals surface area contributed by atoms with E-state index in [0.29, 0.717) is 23.7 Å². The molecule has 7 heteroatoms. The molecule has 0 saturated heterocycles. The highest BCUT2D eigenvalue weighted by atomic mass is 16.5. The maximum Gasteiger partial charge on any atom is 0.278 e. The fourth-order valence-corrected chi connectivity index (χ4v) is 2.60. The van der Waals surface area contributed by atoms with Gasteiger partial charge in [0.05, 0.1) is 5.69 Å². The summed E-state index contributed by atoms with van der Waals surface area (Å²) < 4.78 is 7.16. The van der Waals surface area contributed by atoms with Crippen LogP contribution in [0.25, 0.3) is 0 Å². The molecule has 0 atom stereocenters. The Balaban J connectivity index is 1.69. The van der Waals surface area contributed by atoms with Crippen molar-refractivity contribution in [1.29, 1.82) is 0 Å². The molecule has 2 amide bonds. The number of nitrogens with zero attached hydrogens (tertiary/aromatic N) is 2. The summed E-state index contributed by atoms with van der Waals surface area (Å²) in [6.45, 7) is 4.21. The predicted molar refractivity (Wildman–Crippen MR) is 108 cm³/mol. The van der Waals surface area contributed by atoms with Crippen molar-refractivity contribution in [2.45, 2.75) is 20.4 Å². The average molecular weight is 378 g/mol. The Hall–Kier alpha value is -3.61. The molecule has 3 rings (SSSR count). The fourth-order valence-electron chi connectivity index (χ4n) is 2.60. The summed E-state index contributed by atoms with van der Waals surface area (Å²) >= 11 is 0. The normalized spacial score (nSPS) is 10.4. The maximum atomic E-state index is 12.6. The molecule has 2 N–H and O–H groups in total. The molecule has 7 nitrogen and oxygen atoms in total. The van der Waals surface area contributed by atoms with Gasteiger partial charge in [0.1, 0.15) is 5.75 Å². The van der Waals surface area contributed by atoms with Gasteiger partial charge in [0, 0.05) is 18.4 Å². The van der Waals surface area contributed by atoms with E-state index >= 15 is 0 Å². The lowest BCUT2D eigenvalue weighted by Crippen LogP contribution is -2.22. The van der Waals surface area contributed by atoms with E-state index in [1.807, 2.05) is 50.2 Å². The number of hydrogen-bond acceptors (Lipinski definition) is 4. The van der Waals surface area contributed by atoms with Crippen LogP contribution < -0.4 is 15.4 Å². The van der Waals surface area contributed by atoms with E-state index < -0.39 is 5.91 Å². The van der Waals surface area contributed by atoms with Crippen molar-refractivity contribution in [3.63, 3.8) is 0 Å². The van der Waals surface area contributed by atoms with Crippen LogP contribution >= 0.6 is 0 Å². The van der Waals surface area contributed by atoms with Gasteiger partial charge in [0.25, 0.3) is 11.8 Å². The van der Waals surface area contributed by atoms with Crippen molar-refractivity contribution >= 4 is 23.2 Å². The van der Waals surface area contributed by atoms with Gasteiger partial charge in [-0.15, -0.1) is 0 Å². The molecule has 0 aliphatic rings. The zero-order chi connectivity index (χ0) is 19.9. The minimum absolute atomic E-state index is 0.148. The molecule has 0 radical (unpaired) electrons.